The summed E-state index contributed by atoms with van der Waals surface area (Å²) in [6.07, 6.45) is 0.957. The molecule has 1 aromatic rings. The number of nitrogens with zero attached hydrogens (tertiary/aromatic N) is 2. The maximum atomic E-state index is 14.7. The Balaban J connectivity index is 2.58. The van der Waals surface area contributed by atoms with E-state index in [9.17, 15) is 9.18 Å². The number of benzene rings is 1. The summed E-state index contributed by atoms with van der Waals surface area (Å²) in [4.78, 5) is 12.6. The van der Waals surface area contributed by atoms with Crippen LogP contribution in [0.4, 0.5) is 4.39 Å². The largest absolute Gasteiger partial charge is 0.460 e. The van der Waals surface area contributed by atoms with Crippen molar-refractivity contribution in [2.75, 3.05) is 6.61 Å². The number of carbonyl (C=O) groups is 1. The summed E-state index contributed by atoms with van der Waals surface area (Å²) in [6.45, 7) is 7.14. The highest BCUT2D eigenvalue weighted by Gasteiger charge is 2.51. The van der Waals surface area contributed by atoms with Crippen molar-refractivity contribution in [3.05, 3.63) is 47.3 Å². The van der Waals surface area contributed by atoms with Gasteiger partial charge in [-0.15, -0.1) is 0 Å². The standard InChI is InChI=1S/C21H23FN2O3/c1-14-17(9-15(11-23)12-24)21(13-26-14,10-19(25)27-20(2,3)4)16-7-5-6-8-18(16)22/h5-9,14,17H,10,13H2,1-4H3/t14-,17-,21+/m1/s1. The second kappa shape index (κ2) is 7.90. The molecule has 1 aliphatic rings. The topological polar surface area (TPSA) is 83.1 Å². The van der Waals surface area contributed by atoms with Crippen LogP contribution in [-0.2, 0) is 19.7 Å². The molecule has 0 N–H and O–H groups in total. The number of allylic oxidation sites excluding steroid dienone is 1. The number of rotatable bonds is 4. The lowest BCUT2D eigenvalue weighted by Gasteiger charge is -2.34. The summed E-state index contributed by atoms with van der Waals surface area (Å²) in [6, 6.07) is 9.85. The fourth-order valence-corrected chi connectivity index (χ4v) is 3.53. The first kappa shape index (κ1) is 20.6. The number of carbonyl (C=O) groups excluding carboxylic acids is 1. The molecule has 0 spiro atoms. The highest BCUT2D eigenvalue weighted by Crippen LogP contribution is 2.46. The lowest BCUT2D eigenvalue weighted by atomic mass is 9.67. The van der Waals surface area contributed by atoms with Gasteiger partial charge < -0.3 is 9.47 Å². The lowest BCUT2D eigenvalue weighted by molar-refractivity contribution is -0.156. The van der Waals surface area contributed by atoms with Crippen LogP contribution >= 0.6 is 0 Å². The molecule has 0 amide bonds. The van der Waals surface area contributed by atoms with Gasteiger partial charge in [0.15, 0.2) is 0 Å². The van der Waals surface area contributed by atoms with E-state index in [1.165, 1.54) is 12.1 Å². The van der Waals surface area contributed by atoms with Gasteiger partial charge in [0.2, 0.25) is 0 Å². The monoisotopic (exact) mass is 370 g/mol. The predicted octanol–water partition coefficient (Wildman–Crippen LogP) is 3.80. The van der Waals surface area contributed by atoms with Crippen molar-refractivity contribution in [2.45, 2.75) is 51.2 Å². The van der Waals surface area contributed by atoms with Crippen LogP contribution in [-0.4, -0.2) is 24.3 Å². The second-order valence-corrected chi connectivity index (χ2v) is 7.75. The maximum Gasteiger partial charge on any atom is 0.307 e. The van der Waals surface area contributed by atoms with Crippen LogP contribution in [0.2, 0.25) is 0 Å². The van der Waals surface area contributed by atoms with Crippen LogP contribution in [0.3, 0.4) is 0 Å². The highest BCUT2D eigenvalue weighted by molar-refractivity contribution is 5.72. The van der Waals surface area contributed by atoms with E-state index in [4.69, 9.17) is 20.0 Å². The third kappa shape index (κ3) is 4.53. The van der Waals surface area contributed by atoms with E-state index in [-0.39, 0.29) is 18.6 Å². The summed E-state index contributed by atoms with van der Waals surface area (Å²) in [5.74, 6) is -1.49. The molecule has 0 saturated carbocycles. The fourth-order valence-electron chi connectivity index (χ4n) is 3.53. The van der Waals surface area contributed by atoms with Crippen molar-refractivity contribution in [1.82, 2.24) is 0 Å². The number of halogens is 1. The maximum absolute atomic E-state index is 14.7. The van der Waals surface area contributed by atoms with E-state index in [0.717, 1.165) is 0 Å². The van der Waals surface area contributed by atoms with Crippen molar-refractivity contribution < 1.29 is 18.7 Å². The Labute approximate surface area is 159 Å². The molecular formula is C21H23FN2O3. The normalized spacial score (nSPS) is 24.6. The van der Waals surface area contributed by atoms with Crippen LogP contribution in [0.1, 0.15) is 39.7 Å². The summed E-state index contributed by atoms with van der Waals surface area (Å²) in [5.41, 5.74) is -1.53. The minimum Gasteiger partial charge on any atom is -0.460 e. The van der Waals surface area contributed by atoms with Crippen LogP contribution in [0.15, 0.2) is 35.9 Å². The first-order chi connectivity index (χ1) is 12.6. The smallest absolute Gasteiger partial charge is 0.307 e. The summed E-state index contributed by atoms with van der Waals surface area (Å²) >= 11 is 0. The van der Waals surface area contributed by atoms with Gasteiger partial charge in [-0.05, 0) is 45.4 Å². The minimum atomic E-state index is -1.06. The third-order valence-corrected chi connectivity index (χ3v) is 4.62. The van der Waals surface area contributed by atoms with E-state index >= 15 is 0 Å². The van der Waals surface area contributed by atoms with Gasteiger partial charge in [-0.2, -0.15) is 10.5 Å². The third-order valence-electron chi connectivity index (χ3n) is 4.62. The van der Waals surface area contributed by atoms with Crippen LogP contribution in [0, 0.1) is 34.4 Å². The summed E-state index contributed by atoms with van der Waals surface area (Å²) < 4.78 is 26.0. The molecule has 0 bridgehead atoms. The fraction of sp³-hybridized carbons (Fsp3) is 0.476. The number of ether oxygens (including phenoxy) is 2. The molecule has 1 aliphatic heterocycles. The van der Waals surface area contributed by atoms with Crippen molar-refractivity contribution in [1.29, 1.82) is 10.5 Å². The molecule has 5 nitrogen and oxygen atoms in total. The van der Waals surface area contributed by atoms with Crippen LogP contribution < -0.4 is 0 Å². The van der Waals surface area contributed by atoms with Gasteiger partial charge in [0.1, 0.15) is 29.1 Å². The van der Waals surface area contributed by atoms with Crippen molar-refractivity contribution >= 4 is 5.97 Å². The molecule has 1 fully saturated rings. The van der Waals surface area contributed by atoms with Crippen LogP contribution in [0.25, 0.3) is 0 Å². The molecule has 0 radical (unpaired) electrons. The Bertz CT molecular complexity index is 813. The molecular weight excluding hydrogens is 347 g/mol. The molecule has 6 heteroatoms. The van der Waals surface area contributed by atoms with Gasteiger partial charge in [0.05, 0.1) is 19.1 Å². The SMILES string of the molecule is C[C@H]1OC[C@@](CC(=O)OC(C)(C)C)(c2ccccc2F)[C@@H]1C=C(C#N)C#N. The van der Waals surface area contributed by atoms with Gasteiger partial charge in [0.25, 0.3) is 0 Å². The first-order valence-corrected chi connectivity index (χ1v) is 8.73. The van der Waals surface area contributed by atoms with Crippen molar-refractivity contribution in [3.63, 3.8) is 0 Å². The lowest BCUT2D eigenvalue weighted by Crippen LogP contribution is -2.40. The average molecular weight is 370 g/mol. The molecule has 1 aromatic carbocycles. The zero-order valence-electron chi connectivity index (χ0n) is 16.0. The van der Waals surface area contributed by atoms with E-state index in [2.05, 4.69) is 0 Å². The molecule has 3 atom stereocenters. The Kier molecular flexibility index (Phi) is 6.03. The van der Waals surface area contributed by atoms with Crippen molar-refractivity contribution in [3.8, 4) is 12.1 Å². The van der Waals surface area contributed by atoms with Crippen LogP contribution in [0.5, 0.6) is 0 Å². The number of hydrogen-bond donors (Lipinski definition) is 0. The zero-order valence-corrected chi connectivity index (χ0v) is 16.0. The zero-order chi connectivity index (χ0) is 20.2. The predicted molar refractivity (Wildman–Crippen MR) is 96.8 cm³/mol. The van der Waals surface area contributed by atoms with E-state index < -0.39 is 34.8 Å². The van der Waals surface area contributed by atoms with E-state index in [0.29, 0.717) is 5.56 Å². The summed E-state index contributed by atoms with van der Waals surface area (Å²) in [7, 11) is 0. The molecule has 142 valence electrons. The Morgan fingerprint density at radius 1 is 1.37 bits per heavy atom. The van der Waals surface area contributed by atoms with Gasteiger partial charge in [-0.25, -0.2) is 4.39 Å². The Morgan fingerprint density at radius 3 is 2.56 bits per heavy atom. The molecule has 2 rings (SSSR count). The Hall–Kier alpha value is -2.70. The van der Waals surface area contributed by atoms with Gasteiger partial charge in [-0.3, -0.25) is 4.79 Å². The molecule has 1 saturated heterocycles. The second-order valence-electron chi connectivity index (χ2n) is 7.75. The quantitative estimate of drug-likeness (QED) is 0.594. The van der Waals surface area contributed by atoms with E-state index in [1.807, 2.05) is 12.1 Å². The number of hydrogen-bond acceptors (Lipinski definition) is 5. The molecule has 0 aliphatic carbocycles. The molecule has 1 heterocycles. The minimum absolute atomic E-state index is 0.0830. The van der Waals surface area contributed by atoms with E-state index in [1.54, 1.807) is 45.9 Å². The highest BCUT2D eigenvalue weighted by atomic mass is 19.1. The van der Waals surface area contributed by atoms with Gasteiger partial charge >= 0.3 is 5.97 Å². The molecule has 0 unspecified atom stereocenters. The molecule has 0 aromatic heterocycles. The molecule has 27 heavy (non-hydrogen) atoms. The number of esters is 1. The average Bonchev–Trinajstić information content (AvgIpc) is 2.88. The number of nitriles is 2. The Morgan fingerprint density at radius 2 is 2.00 bits per heavy atom. The van der Waals surface area contributed by atoms with Crippen molar-refractivity contribution in [2.24, 2.45) is 5.92 Å². The van der Waals surface area contributed by atoms with Gasteiger partial charge in [0, 0.05) is 11.3 Å². The van der Waals surface area contributed by atoms with Gasteiger partial charge in [-0.1, -0.05) is 18.2 Å². The summed E-state index contributed by atoms with van der Waals surface area (Å²) in [5, 5.41) is 18.3. The first-order valence-electron chi connectivity index (χ1n) is 8.73.